The molecule has 1 fully saturated rings. The number of hydrogen-bond donors (Lipinski definition) is 1. The number of halogens is 1. The monoisotopic (exact) mass is 236 g/mol. The minimum absolute atomic E-state index is 0.149. The van der Waals surface area contributed by atoms with Crippen molar-refractivity contribution in [2.75, 3.05) is 26.7 Å². The summed E-state index contributed by atoms with van der Waals surface area (Å²) in [6.07, 6.45) is 1.28. The molecule has 0 saturated carbocycles. The number of likely N-dealkylation sites (tertiary alicyclic amines) is 1. The molecule has 0 aromatic heterocycles. The van der Waals surface area contributed by atoms with Crippen molar-refractivity contribution in [3.8, 4) is 0 Å². The first-order valence-electron chi connectivity index (χ1n) is 6.29. The van der Waals surface area contributed by atoms with Crippen LogP contribution in [0.5, 0.6) is 0 Å². The molecular formula is C14H21FN2. The molecule has 1 aromatic carbocycles. The number of nitrogens with zero attached hydrogens (tertiary/aromatic N) is 1. The van der Waals surface area contributed by atoms with Gasteiger partial charge in [-0.15, -0.1) is 0 Å². The van der Waals surface area contributed by atoms with Crippen molar-refractivity contribution in [1.29, 1.82) is 0 Å². The van der Waals surface area contributed by atoms with E-state index in [0.717, 1.165) is 24.6 Å². The lowest BCUT2D eigenvalue weighted by atomic mass is 10.1. The van der Waals surface area contributed by atoms with Gasteiger partial charge in [0.15, 0.2) is 0 Å². The third-order valence-corrected chi connectivity index (χ3v) is 3.54. The van der Waals surface area contributed by atoms with Gasteiger partial charge in [0.05, 0.1) is 0 Å². The third-order valence-electron chi connectivity index (χ3n) is 3.54. The van der Waals surface area contributed by atoms with Crippen molar-refractivity contribution in [1.82, 2.24) is 10.2 Å². The van der Waals surface area contributed by atoms with Crippen LogP contribution in [-0.2, 0) is 6.54 Å². The predicted octanol–water partition coefficient (Wildman–Crippen LogP) is 2.18. The summed E-state index contributed by atoms with van der Waals surface area (Å²) in [5.41, 5.74) is 2.22. The maximum absolute atomic E-state index is 12.9. The second-order valence-corrected chi connectivity index (χ2v) is 5.12. The van der Waals surface area contributed by atoms with Crippen LogP contribution in [0.25, 0.3) is 0 Å². The van der Waals surface area contributed by atoms with Gasteiger partial charge in [-0.3, -0.25) is 0 Å². The van der Waals surface area contributed by atoms with Crippen LogP contribution in [0.1, 0.15) is 17.5 Å². The summed E-state index contributed by atoms with van der Waals surface area (Å²) in [4.78, 5) is 2.37. The number of hydrogen-bond acceptors (Lipinski definition) is 2. The van der Waals surface area contributed by atoms with E-state index in [4.69, 9.17) is 0 Å². The maximum Gasteiger partial charge on any atom is 0.123 e. The zero-order valence-electron chi connectivity index (χ0n) is 10.7. The summed E-state index contributed by atoms with van der Waals surface area (Å²) in [6.45, 7) is 6.26. The predicted molar refractivity (Wildman–Crippen MR) is 68.4 cm³/mol. The Balaban J connectivity index is 1.78. The molecule has 17 heavy (non-hydrogen) atoms. The summed E-state index contributed by atoms with van der Waals surface area (Å²) in [6, 6.07) is 5.01. The minimum atomic E-state index is -0.149. The molecule has 1 unspecified atom stereocenters. The number of rotatable bonds is 4. The fourth-order valence-corrected chi connectivity index (χ4v) is 2.46. The van der Waals surface area contributed by atoms with Gasteiger partial charge in [-0.1, -0.05) is 6.07 Å². The van der Waals surface area contributed by atoms with E-state index in [-0.39, 0.29) is 5.82 Å². The van der Waals surface area contributed by atoms with Gasteiger partial charge >= 0.3 is 0 Å². The standard InChI is InChI=1S/C14H21FN2/c1-11-7-14(15)4-3-13(11)9-16-8-12-5-6-17(2)10-12/h3-4,7,12,16H,5-6,8-10H2,1-2H3. The zero-order chi connectivity index (χ0) is 12.3. The van der Waals surface area contributed by atoms with Crippen molar-refractivity contribution in [2.45, 2.75) is 19.9 Å². The molecule has 0 bridgehead atoms. The molecule has 1 aromatic rings. The Labute approximate surface area is 103 Å². The first kappa shape index (κ1) is 12.5. The van der Waals surface area contributed by atoms with Crippen LogP contribution >= 0.6 is 0 Å². The van der Waals surface area contributed by atoms with E-state index >= 15 is 0 Å². The fourth-order valence-electron chi connectivity index (χ4n) is 2.46. The Morgan fingerprint density at radius 2 is 2.29 bits per heavy atom. The Bertz CT molecular complexity index is 378. The lowest BCUT2D eigenvalue weighted by Crippen LogP contribution is -2.25. The Morgan fingerprint density at radius 1 is 1.47 bits per heavy atom. The van der Waals surface area contributed by atoms with Gasteiger partial charge in [-0.25, -0.2) is 4.39 Å². The molecule has 0 radical (unpaired) electrons. The zero-order valence-corrected chi connectivity index (χ0v) is 10.7. The molecule has 1 heterocycles. The second kappa shape index (κ2) is 5.61. The Morgan fingerprint density at radius 3 is 2.94 bits per heavy atom. The highest BCUT2D eigenvalue weighted by atomic mass is 19.1. The molecule has 2 rings (SSSR count). The molecule has 0 spiro atoms. The average molecular weight is 236 g/mol. The van der Waals surface area contributed by atoms with Crippen LogP contribution in [0.2, 0.25) is 0 Å². The van der Waals surface area contributed by atoms with Crippen LogP contribution in [0.4, 0.5) is 4.39 Å². The van der Waals surface area contributed by atoms with Gasteiger partial charge in [0, 0.05) is 13.1 Å². The largest absolute Gasteiger partial charge is 0.312 e. The molecule has 1 N–H and O–H groups in total. The number of benzene rings is 1. The Hall–Kier alpha value is -0.930. The van der Waals surface area contributed by atoms with Gasteiger partial charge < -0.3 is 10.2 Å². The fraction of sp³-hybridized carbons (Fsp3) is 0.571. The highest BCUT2D eigenvalue weighted by molar-refractivity contribution is 5.26. The van der Waals surface area contributed by atoms with Crippen molar-refractivity contribution < 1.29 is 4.39 Å². The smallest absolute Gasteiger partial charge is 0.123 e. The summed E-state index contributed by atoms with van der Waals surface area (Å²) in [5, 5.41) is 3.48. The van der Waals surface area contributed by atoms with Gasteiger partial charge in [-0.2, -0.15) is 0 Å². The van der Waals surface area contributed by atoms with Crippen molar-refractivity contribution >= 4 is 0 Å². The van der Waals surface area contributed by atoms with E-state index in [2.05, 4.69) is 17.3 Å². The molecule has 1 aliphatic rings. The molecule has 3 heteroatoms. The second-order valence-electron chi connectivity index (χ2n) is 5.12. The van der Waals surface area contributed by atoms with Crippen LogP contribution in [0, 0.1) is 18.7 Å². The van der Waals surface area contributed by atoms with E-state index in [0.29, 0.717) is 0 Å². The first-order valence-corrected chi connectivity index (χ1v) is 6.29. The molecule has 94 valence electrons. The molecule has 0 amide bonds. The van der Waals surface area contributed by atoms with E-state index in [1.165, 1.54) is 31.1 Å². The topological polar surface area (TPSA) is 15.3 Å². The van der Waals surface area contributed by atoms with Crippen molar-refractivity contribution in [2.24, 2.45) is 5.92 Å². The van der Waals surface area contributed by atoms with Crippen LogP contribution in [-0.4, -0.2) is 31.6 Å². The quantitative estimate of drug-likeness (QED) is 0.862. The van der Waals surface area contributed by atoms with E-state index in [9.17, 15) is 4.39 Å². The highest BCUT2D eigenvalue weighted by Gasteiger charge is 2.18. The van der Waals surface area contributed by atoms with Crippen LogP contribution < -0.4 is 5.32 Å². The van der Waals surface area contributed by atoms with Gasteiger partial charge in [-0.05, 0) is 62.7 Å². The van der Waals surface area contributed by atoms with Crippen LogP contribution in [0.3, 0.4) is 0 Å². The average Bonchev–Trinajstić information content (AvgIpc) is 2.68. The molecule has 1 aliphatic heterocycles. The molecular weight excluding hydrogens is 215 g/mol. The molecule has 2 nitrogen and oxygen atoms in total. The summed E-state index contributed by atoms with van der Waals surface area (Å²) < 4.78 is 12.9. The maximum atomic E-state index is 12.9. The SMILES string of the molecule is Cc1cc(F)ccc1CNCC1CCN(C)C1. The summed E-state index contributed by atoms with van der Waals surface area (Å²) in [5.74, 6) is 0.615. The number of aryl methyl sites for hydroxylation is 1. The first-order chi connectivity index (χ1) is 8.15. The van der Waals surface area contributed by atoms with Gasteiger partial charge in [0.2, 0.25) is 0 Å². The van der Waals surface area contributed by atoms with E-state index in [1.807, 2.05) is 13.0 Å². The van der Waals surface area contributed by atoms with E-state index in [1.54, 1.807) is 6.07 Å². The number of nitrogens with one attached hydrogen (secondary N) is 1. The highest BCUT2D eigenvalue weighted by Crippen LogP contribution is 2.14. The van der Waals surface area contributed by atoms with Gasteiger partial charge in [0.1, 0.15) is 5.82 Å². The third kappa shape index (κ3) is 3.51. The molecule has 1 atom stereocenters. The lowest BCUT2D eigenvalue weighted by molar-refractivity contribution is 0.388. The van der Waals surface area contributed by atoms with Gasteiger partial charge in [0.25, 0.3) is 0 Å². The minimum Gasteiger partial charge on any atom is -0.312 e. The molecule has 1 saturated heterocycles. The summed E-state index contributed by atoms with van der Waals surface area (Å²) >= 11 is 0. The van der Waals surface area contributed by atoms with Crippen LogP contribution in [0.15, 0.2) is 18.2 Å². The van der Waals surface area contributed by atoms with Crippen molar-refractivity contribution in [3.63, 3.8) is 0 Å². The van der Waals surface area contributed by atoms with Crippen molar-refractivity contribution in [3.05, 3.63) is 35.1 Å². The summed E-state index contributed by atoms with van der Waals surface area (Å²) in [7, 11) is 2.17. The normalized spacial score (nSPS) is 21.0. The Kier molecular flexibility index (Phi) is 4.13. The molecule has 0 aliphatic carbocycles. The lowest BCUT2D eigenvalue weighted by Gasteiger charge is -2.12. The van der Waals surface area contributed by atoms with E-state index < -0.39 is 0 Å².